The Morgan fingerprint density at radius 2 is 2.00 bits per heavy atom. The Morgan fingerprint density at radius 3 is 2.30 bits per heavy atom. The van der Waals surface area contributed by atoms with Crippen molar-refractivity contribution in [1.82, 2.24) is 4.90 Å². The molecule has 2 fully saturated rings. The van der Waals surface area contributed by atoms with Crippen LogP contribution < -0.4 is 0 Å². The summed E-state index contributed by atoms with van der Waals surface area (Å²) in [6.07, 6.45) is 2.99. The number of hydrogen-bond donors (Lipinski definition) is 0. The van der Waals surface area contributed by atoms with Crippen molar-refractivity contribution < 1.29 is 0 Å². The molecule has 0 N–H and O–H groups in total. The average molecular weight is 139 g/mol. The number of rotatable bonds is 1. The first kappa shape index (κ1) is 6.66. The van der Waals surface area contributed by atoms with E-state index in [4.69, 9.17) is 0 Å². The van der Waals surface area contributed by atoms with Gasteiger partial charge in [0.1, 0.15) is 0 Å². The van der Waals surface area contributed by atoms with Crippen LogP contribution in [-0.2, 0) is 0 Å². The zero-order chi connectivity index (χ0) is 7.35. The van der Waals surface area contributed by atoms with E-state index in [1.807, 2.05) is 0 Å². The third-order valence-electron chi connectivity index (χ3n) is 3.44. The molecule has 0 aromatic rings. The highest BCUT2D eigenvalue weighted by Gasteiger charge is 2.58. The van der Waals surface area contributed by atoms with Crippen LogP contribution >= 0.6 is 0 Å². The van der Waals surface area contributed by atoms with Crippen LogP contribution in [-0.4, -0.2) is 23.5 Å². The largest absolute Gasteiger partial charge is 0.297 e. The zero-order valence-electron chi connectivity index (χ0n) is 7.22. The van der Waals surface area contributed by atoms with Gasteiger partial charge in [-0.2, -0.15) is 0 Å². The smallest absolute Gasteiger partial charge is 0.0139 e. The van der Waals surface area contributed by atoms with Crippen LogP contribution in [0, 0.1) is 5.41 Å². The first-order valence-corrected chi connectivity index (χ1v) is 4.41. The molecule has 1 saturated heterocycles. The maximum atomic E-state index is 2.60. The van der Waals surface area contributed by atoms with Gasteiger partial charge in [-0.05, 0) is 39.0 Å². The van der Waals surface area contributed by atoms with E-state index >= 15 is 0 Å². The molecule has 1 aliphatic carbocycles. The van der Waals surface area contributed by atoms with Gasteiger partial charge in [-0.25, -0.2) is 0 Å². The maximum absolute atomic E-state index is 2.60. The lowest BCUT2D eigenvalue weighted by molar-refractivity contribution is -0.0178. The third-order valence-corrected chi connectivity index (χ3v) is 3.44. The summed E-state index contributed by atoms with van der Waals surface area (Å²) in [5.74, 6) is 0. The van der Waals surface area contributed by atoms with Crippen molar-refractivity contribution >= 4 is 0 Å². The van der Waals surface area contributed by atoms with E-state index in [1.165, 1.54) is 19.4 Å². The van der Waals surface area contributed by atoms with Crippen LogP contribution in [0.2, 0.25) is 0 Å². The van der Waals surface area contributed by atoms with E-state index in [0.29, 0.717) is 0 Å². The fourth-order valence-electron chi connectivity index (χ4n) is 2.24. The van der Waals surface area contributed by atoms with Crippen LogP contribution in [0.25, 0.3) is 0 Å². The van der Waals surface area contributed by atoms with Gasteiger partial charge in [0.15, 0.2) is 0 Å². The van der Waals surface area contributed by atoms with Crippen molar-refractivity contribution in [3.63, 3.8) is 0 Å². The predicted molar refractivity (Wildman–Crippen MR) is 43.0 cm³/mol. The van der Waals surface area contributed by atoms with Crippen LogP contribution in [0.15, 0.2) is 0 Å². The first-order chi connectivity index (χ1) is 4.66. The van der Waals surface area contributed by atoms with Crippen LogP contribution in [0.1, 0.15) is 33.6 Å². The molecule has 0 amide bonds. The predicted octanol–water partition coefficient (Wildman–Crippen LogP) is 1.88. The lowest BCUT2D eigenvalue weighted by Gasteiger charge is -2.50. The van der Waals surface area contributed by atoms with Gasteiger partial charge in [0.05, 0.1) is 0 Å². The Morgan fingerprint density at radius 1 is 1.40 bits per heavy atom. The Bertz CT molecular complexity index is 147. The summed E-state index contributed by atoms with van der Waals surface area (Å²) in [5.41, 5.74) is 0.810. The topological polar surface area (TPSA) is 3.24 Å². The molecule has 1 unspecified atom stereocenters. The SMILES string of the molecule is CC(C)N1CC2(CC2)C1C. The second-order valence-electron chi connectivity index (χ2n) is 4.30. The average Bonchev–Trinajstić information content (AvgIpc) is 2.62. The van der Waals surface area contributed by atoms with Crippen molar-refractivity contribution in [3.05, 3.63) is 0 Å². The van der Waals surface area contributed by atoms with Crippen molar-refractivity contribution in [1.29, 1.82) is 0 Å². The van der Waals surface area contributed by atoms with Gasteiger partial charge < -0.3 is 0 Å². The van der Waals surface area contributed by atoms with E-state index in [1.54, 1.807) is 0 Å². The molecule has 0 aromatic carbocycles. The van der Waals surface area contributed by atoms with Gasteiger partial charge in [0, 0.05) is 18.6 Å². The van der Waals surface area contributed by atoms with E-state index < -0.39 is 0 Å². The fraction of sp³-hybridized carbons (Fsp3) is 1.00. The molecule has 1 heterocycles. The minimum absolute atomic E-state index is 0.765. The van der Waals surface area contributed by atoms with Gasteiger partial charge in [-0.3, -0.25) is 4.90 Å². The van der Waals surface area contributed by atoms with Crippen LogP contribution in [0.4, 0.5) is 0 Å². The molecule has 1 aliphatic heterocycles. The van der Waals surface area contributed by atoms with E-state index in [2.05, 4.69) is 25.7 Å². The molecular weight excluding hydrogens is 122 g/mol. The fourth-order valence-corrected chi connectivity index (χ4v) is 2.24. The summed E-state index contributed by atoms with van der Waals surface area (Å²) in [5, 5.41) is 0. The lowest BCUT2D eigenvalue weighted by Crippen LogP contribution is -2.58. The minimum atomic E-state index is 0.765. The van der Waals surface area contributed by atoms with Gasteiger partial charge in [0.2, 0.25) is 0 Å². The molecule has 58 valence electrons. The summed E-state index contributed by atoms with van der Waals surface area (Å²) in [6, 6.07) is 1.65. The molecule has 0 radical (unpaired) electrons. The molecule has 0 bridgehead atoms. The molecule has 2 rings (SSSR count). The van der Waals surface area contributed by atoms with E-state index in [9.17, 15) is 0 Å². The maximum Gasteiger partial charge on any atom is 0.0139 e. The highest BCUT2D eigenvalue weighted by atomic mass is 15.3. The van der Waals surface area contributed by atoms with Crippen molar-refractivity contribution in [3.8, 4) is 0 Å². The Balaban J connectivity index is 1.96. The molecule has 1 heteroatoms. The molecule has 10 heavy (non-hydrogen) atoms. The normalized spacial score (nSPS) is 36.6. The number of likely N-dealkylation sites (tertiary alicyclic amines) is 1. The summed E-state index contributed by atoms with van der Waals surface area (Å²) in [6.45, 7) is 8.36. The highest BCUT2D eigenvalue weighted by Crippen LogP contribution is 2.57. The van der Waals surface area contributed by atoms with Crippen LogP contribution in [0.3, 0.4) is 0 Å². The van der Waals surface area contributed by atoms with Gasteiger partial charge in [-0.1, -0.05) is 0 Å². The Kier molecular flexibility index (Phi) is 1.17. The van der Waals surface area contributed by atoms with Crippen molar-refractivity contribution in [2.45, 2.75) is 45.7 Å². The minimum Gasteiger partial charge on any atom is -0.297 e. The third kappa shape index (κ3) is 0.672. The molecular formula is C9H17N. The molecule has 2 aliphatic rings. The monoisotopic (exact) mass is 139 g/mol. The van der Waals surface area contributed by atoms with Crippen molar-refractivity contribution in [2.75, 3.05) is 6.54 Å². The zero-order valence-corrected chi connectivity index (χ0v) is 7.22. The van der Waals surface area contributed by atoms with Gasteiger partial charge >= 0.3 is 0 Å². The number of nitrogens with zero attached hydrogens (tertiary/aromatic N) is 1. The van der Waals surface area contributed by atoms with Crippen LogP contribution in [0.5, 0.6) is 0 Å². The quantitative estimate of drug-likeness (QED) is 0.536. The van der Waals surface area contributed by atoms with Crippen molar-refractivity contribution in [2.24, 2.45) is 5.41 Å². The molecule has 1 spiro atoms. The molecule has 1 nitrogen and oxygen atoms in total. The van der Waals surface area contributed by atoms with Gasteiger partial charge in [0.25, 0.3) is 0 Å². The summed E-state index contributed by atoms with van der Waals surface area (Å²) in [4.78, 5) is 2.60. The summed E-state index contributed by atoms with van der Waals surface area (Å²) >= 11 is 0. The van der Waals surface area contributed by atoms with E-state index in [-0.39, 0.29) is 0 Å². The van der Waals surface area contributed by atoms with E-state index in [0.717, 1.165) is 17.5 Å². The number of hydrogen-bond acceptors (Lipinski definition) is 1. The summed E-state index contributed by atoms with van der Waals surface area (Å²) in [7, 11) is 0. The Labute approximate surface area is 63.4 Å². The summed E-state index contributed by atoms with van der Waals surface area (Å²) < 4.78 is 0. The van der Waals surface area contributed by atoms with Gasteiger partial charge in [-0.15, -0.1) is 0 Å². The second kappa shape index (κ2) is 1.76. The molecule has 0 aromatic heterocycles. The molecule has 1 saturated carbocycles. The second-order valence-corrected chi connectivity index (χ2v) is 4.30. The first-order valence-electron chi connectivity index (χ1n) is 4.41. The standard InChI is InChI=1S/C9H17N/c1-7(2)10-6-9(4-5-9)8(10)3/h7-8H,4-6H2,1-3H3. The Hall–Kier alpha value is -0.0400. The molecule has 1 atom stereocenters. The highest BCUT2D eigenvalue weighted by molar-refractivity contribution is 5.11. The lowest BCUT2D eigenvalue weighted by atomic mass is 9.85.